The van der Waals surface area contributed by atoms with Crippen LogP contribution < -0.4 is 5.32 Å². The van der Waals surface area contributed by atoms with Crippen LogP contribution in [0.5, 0.6) is 0 Å². The van der Waals surface area contributed by atoms with Crippen molar-refractivity contribution in [2.45, 2.75) is 25.2 Å². The van der Waals surface area contributed by atoms with Gasteiger partial charge in [-0.3, -0.25) is 9.48 Å². The summed E-state index contributed by atoms with van der Waals surface area (Å²) in [6.07, 6.45) is -5.37. The van der Waals surface area contributed by atoms with Gasteiger partial charge in [0.05, 0.1) is 0 Å². The molecule has 1 unspecified atom stereocenters. The number of carboxylic acids is 1. The van der Waals surface area contributed by atoms with Crippen LogP contribution in [0, 0.1) is 0 Å². The van der Waals surface area contributed by atoms with E-state index in [1.54, 1.807) is 0 Å². The number of amides is 1. The van der Waals surface area contributed by atoms with E-state index in [1.165, 1.54) is 0 Å². The molecular formula is C10H12F3N3O4. The molecule has 1 aromatic heterocycles. The smallest absolute Gasteiger partial charge is 0.435 e. The minimum absolute atomic E-state index is 0.111. The van der Waals surface area contributed by atoms with E-state index in [1.807, 2.05) is 0 Å². The number of hydrogen-bond donors (Lipinski definition) is 3. The number of carbonyl (C=O) groups excluding carboxylic acids is 1. The number of carbonyl (C=O) groups is 2. The number of aliphatic carboxylic acids is 1. The second-order valence-electron chi connectivity index (χ2n) is 3.89. The Morgan fingerprint density at radius 2 is 2.10 bits per heavy atom. The van der Waals surface area contributed by atoms with Crippen molar-refractivity contribution in [1.82, 2.24) is 15.1 Å². The van der Waals surface area contributed by atoms with Gasteiger partial charge < -0.3 is 15.5 Å². The van der Waals surface area contributed by atoms with Crippen molar-refractivity contribution >= 4 is 11.9 Å². The summed E-state index contributed by atoms with van der Waals surface area (Å²) in [5.41, 5.74) is -1.11. The quantitative estimate of drug-likeness (QED) is 0.677. The summed E-state index contributed by atoms with van der Waals surface area (Å²) in [6, 6.07) is 0.738. The zero-order valence-corrected chi connectivity index (χ0v) is 10.1. The third-order valence-electron chi connectivity index (χ3n) is 2.26. The van der Waals surface area contributed by atoms with Gasteiger partial charge in [-0.15, -0.1) is 0 Å². The van der Waals surface area contributed by atoms with Gasteiger partial charge in [-0.1, -0.05) is 0 Å². The highest BCUT2D eigenvalue weighted by atomic mass is 19.4. The third-order valence-corrected chi connectivity index (χ3v) is 2.26. The molecule has 1 aromatic rings. The number of halogens is 3. The Labute approximate surface area is 111 Å². The maximum absolute atomic E-state index is 12.2. The van der Waals surface area contributed by atoms with Crippen LogP contribution in [0.1, 0.15) is 12.1 Å². The number of aliphatic hydroxyl groups excluding tert-OH is 1. The van der Waals surface area contributed by atoms with Gasteiger partial charge in [0, 0.05) is 19.2 Å². The Kier molecular flexibility index (Phi) is 5.08. The van der Waals surface area contributed by atoms with Crippen molar-refractivity contribution in [3.05, 3.63) is 18.0 Å². The molecule has 0 aliphatic heterocycles. The van der Waals surface area contributed by atoms with E-state index in [0.29, 0.717) is 0 Å². The number of nitrogens with one attached hydrogen (secondary N) is 1. The van der Waals surface area contributed by atoms with E-state index >= 15 is 0 Å². The van der Waals surface area contributed by atoms with Crippen LogP contribution in [0.15, 0.2) is 12.3 Å². The van der Waals surface area contributed by atoms with Gasteiger partial charge in [0.15, 0.2) is 11.8 Å². The SMILES string of the molecule is O=C(Cn1ccc(C(F)(F)F)n1)NCCC(O)C(=O)O. The average Bonchev–Trinajstić information content (AvgIpc) is 2.76. The first-order valence-electron chi connectivity index (χ1n) is 5.48. The molecule has 7 nitrogen and oxygen atoms in total. The van der Waals surface area contributed by atoms with Crippen molar-refractivity contribution < 1.29 is 33.0 Å². The summed E-state index contributed by atoms with van der Waals surface area (Å²) in [6.45, 7) is -0.543. The van der Waals surface area contributed by atoms with Crippen molar-refractivity contribution in [3.8, 4) is 0 Å². The summed E-state index contributed by atoms with van der Waals surface area (Å²) >= 11 is 0. The van der Waals surface area contributed by atoms with Gasteiger partial charge in [0.2, 0.25) is 5.91 Å². The molecule has 0 aliphatic rings. The van der Waals surface area contributed by atoms with Gasteiger partial charge in [-0.25, -0.2) is 4.79 Å². The maximum atomic E-state index is 12.2. The van der Waals surface area contributed by atoms with Crippen LogP contribution in [-0.2, 0) is 22.3 Å². The number of hydrogen-bond acceptors (Lipinski definition) is 4. The molecule has 1 atom stereocenters. The lowest BCUT2D eigenvalue weighted by molar-refractivity contribution is -0.147. The molecule has 0 saturated carbocycles. The minimum Gasteiger partial charge on any atom is -0.479 e. The molecule has 0 saturated heterocycles. The van der Waals surface area contributed by atoms with E-state index in [-0.39, 0.29) is 13.0 Å². The zero-order chi connectivity index (χ0) is 15.3. The number of nitrogens with zero attached hydrogens (tertiary/aromatic N) is 2. The fourth-order valence-corrected chi connectivity index (χ4v) is 1.28. The lowest BCUT2D eigenvalue weighted by Gasteiger charge is -2.07. The average molecular weight is 295 g/mol. The fourth-order valence-electron chi connectivity index (χ4n) is 1.28. The molecule has 10 heteroatoms. The van der Waals surface area contributed by atoms with Crippen LogP contribution in [0.2, 0.25) is 0 Å². The summed E-state index contributed by atoms with van der Waals surface area (Å²) in [5, 5.41) is 22.7. The Morgan fingerprint density at radius 3 is 2.60 bits per heavy atom. The molecule has 20 heavy (non-hydrogen) atoms. The fraction of sp³-hybridized carbons (Fsp3) is 0.500. The molecule has 3 N–H and O–H groups in total. The molecular weight excluding hydrogens is 283 g/mol. The first-order valence-corrected chi connectivity index (χ1v) is 5.48. The third kappa shape index (κ3) is 4.88. The van der Waals surface area contributed by atoms with Crippen molar-refractivity contribution in [1.29, 1.82) is 0 Å². The summed E-state index contributed by atoms with van der Waals surface area (Å²) in [7, 11) is 0. The first kappa shape index (κ1) is 16.0. The molecule has 1 heterocycles. The molecule has 0 fully saturated rings. The second-order valence-corrected chi connectivity index (χ2v) is 3.89. The Bertz CT molecular complexity index is 486. The largest absolute Gasteiger partial charge is 0.479 e. The summed E-state index contributed by atoms with van der Waals surface area (Å²) in [4.78, 5) is 21.6. The first-order chi connectivity index (χ1) is 9.20. The van der Waals surface area contributed by atoms with Gasteiger partial charge in [-0.2, -0.15) is 18.3 Å². The monoisotopic (exact) mass is 295 g/mol. The van der Waals surface area contributed by atoms with E-state index in [2.05, 4.69) is 10.4 Å². The van der Waals surface area contributed by atoms with Gasteiger partial charge >= 0.3 is 12.1 Å². The van der Waals surface area contributed by atoms with E-state index < -0.39 is 36.4 Å². The van der Waals surface area contributed by atoms with Crippen LogP contribution in [0.4, 0.5) is 13.2 Å². The molecule has 1 rings (SSSR count). The molecule has 0 bridgehead atoms. The lowest BCUT2D eigenvalue weighted by atomic mass is 10.2. The van der Waals surface area contributed by atoms with Crippen LogP contribution in [-0.4, -0.2) is 44.5 Å². The molecule has 0 aliphatic carbocycles. The number of alkyl halides is 3. The highest BCUT2D eigenvalue weighted by Crippen LogP contribution is 2.27. The molecule has 112 valence electrons. The van der Waals surface area contributed by atoms with Crippen LogP contribution >= 0.6 is 0 Å². The van der Waals surface area contributed by atoms with Crippen molar-refractivity contribution in [3.63, 3.8) is 0 Å². The number of aromatic nitrogens is 2. The summed E-state index contributed by atoms with van der Waals surface area (Å²) < 4.78 is 37.5. The van der Waals surface area contributed by atoms with Crippen LogP contribution in [0.3, 0.4) is 0 Å². The Hall–Kier alpha value is -2.10. The highest BCUT2D eigenvalue weighted by molar-refractivity contribution is 5.76. The molecule has 1 amide bonds. The van der Waals surface area contributed by atoms with Crippen LogP contribution in [0.25, 0.3) is 0 Å². The maximum Gasteiger partial charge on any atom is 0.435 e. The zero-order valence-electron chi connectivity index (χ0n) is 10.1. The lowest BCUT2D eigenvalue weighted by Crippen LogP contribution is -2.32. The van der Waals surface area contributed by atoms with Gasteiger partial charge in [0.25, 0.3) is 0 Å². The number of aliphatic hydroxyl groups is 1. The van der Waals surface area contributed by atoms with Crippen molar-refractivity contribution in [2.24, 2.45) is 0 Å². The Balaban J connectivity index is 2.39. The van der Waals surface area contributed by atoms with E-state index in [4.69, 9.17) is 10.2 Å². The molecule has 0 aromatic carbocycles. The standard InChI is InChI=1S/C10H12F3N3O4/c11-10(12,13)7-2-4-16(15-7)5-8(18)14-3-1-6(17)9(19)20/h2,4,6,17H,1,3,5H2,(H,14,18)(H,19,20). The molecule has 0 spiro atoms. The van der Waals surface area contributed by atoms with E-state index in [9.17, 15) is 22.8 Å². The Morgan fingerprint density at radius 1 is 1.45 bits per heavy atom. The minimum atomic E-state index is -4.58. The second kappa shape index (κ2) is 6.37. The molecule has 0 radical (unpaired) electrons. The topological polar surface area (TPSA) is 104 Å². The number of rotatable bonds is 6. The summed E-state index contributed by atoms with van der Waals surface area (Å²) in [5.74, 6) is -2.06. The van der Waals surface area contributed by atoms with Gasteiger partial charge in [-0.05, 0) is 6.07 Å². The number of carboxylic acid groups (broad SMARTS) is 1. The predicted molar refractivity (Wildman–Crippen MR) is 58.5 cm³/mol. The normalized spacial score (nSPS) is 13.0. The van der Waals surface area contributed by atoms with Gasteiger partial charge in [0.1, 0.15) is 6.54 Å². The van der Waals surface area contributed by atoms with Crippen molar-refractivity contribution in [2.75, 3.05) is 6.54 Å². The van der Waals surface area contributed by atoms with E-state index in [0.717, 1.165) is 16.9 Å². The predicted octanol–water partition coefficient (Wildman–Crippen LogP) is -0.146. The highest BCUT2D eigenvalue weighted by Gasteiger charge is 2.33.